The maximum Gasteiger partial charge on any atom is 0.322 e. The monoisotopic (exact) mass is 366 g/mol. The van der Waals surface area contributed by atoms with E-state index >= 15 is 0 Å². The summed E-state index contributed by atoms with van der Waals surface area (Å²) in [6.07, 6.45) is 3.17. The Morgan fingerprint density at radius 1 is 1.11 bits per heavy atom. The molecule has 2 heterocycles. The Balaban J connectivity index is 1.31. The van der Waals surface area contributed by atoms with Crippen molar-refractivity contribution in [1.29, 1.82) is 0 Å². The van der Waals surface area contributed by atoms with E-state index in [2.05, 4.69) is 12.2 Å². The Bertz CT molecular complexity index is 894. The Morgan fingerprint density at radius 3 is 2.78 bits per heavy atom. The molecule has 1 fully saturated rings. The molecule has 2 aromatic rings. The molecular formula is C21H22N2O4. The van der Waals surface area contributed by atoms with Crippen LogP contribution in [0.15, 0.2) is 36.4 Å². The van der Waals surface area contributed by atoms with E-state index in [-0.39, 0.29) is 18.9 Å². The van der Waals surface area contributed by atoms with Crippen molar-refractivity contribution in [2.24, 2.45) is 0 Å². The predicted molar refractivity (Wildman–Crippen MR) is 100 cm³/mol. The highest BCUT2D eigenvalue weighted by Crippen LogP contribution is 2.35. The van der Waals surface area contributed by atoms with Crippen LogP contribution in [0.3, 0.4) is 0 Å². The molecule has 2 aliphatic heterocycles. The molecule has 6 heteroatoms. The lowest BCUT2D eigenvalue weighted by Gasteiger charge is -2.23. The number of benzene rings is 2. The standard InChI is InChI=1S/C21H22N2O4/c1-13-8-15-10-16(3-7-18(15)27-13)22-21(24)23(17-4-5-17)11-14-2-6-19-20(9-14)26-12-25-19/h2-3,6-7,9-10,13,17H,4-5,8,11-12H2,1H3,(H,22,24)/t13-/m0/s1. The van der Waals surface area contributed by atoms with Crippen LogP contribution in [0.1, 0.15) is 30.9 Å². The van der Waals surface area contributed by atoms with Gasteiger partial charge in [-0.05, 0) is 61.2 Å². The number of urea groups is 1. The maximum absolute atomic E-state index is 12.9. The Labute approximate surface area is 158 Å². The molecule has 1 N–H and O–H groups in total. The van der Waals surface area contributed by atoms with Crippen LogP contribution < -0.4 is 19.5 Å². The molecule has 3 aliphatic rings. The quantitative estimate of drug-likeness (QED) is 0.891. The van der Waals surface area contributed by atoms with Gasteiger partial charge in [-0.25, -0.2) is 4.79 Å². The highest BCUT2D eigenvalue weighted by Gasteiger charge is 2.33. The second-order valence-electron chi connectivity index (χ2n) is 7.43. The first kappa shape index (κ1) is 16.3. The minimum Gasteiger partial charge on any atom is -0.490 e. The Kier molecular flexibility index (Phi) is 3.85. The average Bonchev–Trinajstić information content (AvgIpc) is 3.26. The lowest BCUT2D eigenvalue weighted by molar-refractivity contribution is 0.174. The van der Waals surface area contributed by atoms with Gasteiger partial charge in [0.15, 0.2) is 11.5 Å². The van der Waals surface area contributed by atoms with Gasteiger partial charge in [-0.3, -0.25) is 0 Å². The molecule has 0 unspecified atom stereocenters. The van der Waals surface area contributed by atoms with Crippen molar-refractivity contribution < 1.29 is 19.0 Å². The van der Waals surface area contributed by atoms with Crippen LogP contribution >= 0.6 is 0 Å². The van der Waals surface area contributed by atoms with Crippen molar-refractivity contribution in [3.63, 3.8) is 0 Å². The first-order chi connectivity index (χ1) is 13.2. The fourth-order valence-electron chi connectivity index (χ4n) is 3.68. The zero-order chi connectivity index (χ0) is 18.4. The summed E-state index contributed by atoms with van der Waals surface area (Å²) in [6, 6.07) is 11.9. The molecule has 0 bridgehead atoms. The summed E-state index contributed by atoms with van der Waals surface area (Å²) < 4.78 is 16.5. The third-order valence-corrected chi connectivity index (χ3v) is 5.19. The predicted octanol–water partition coefficient (Wildman–Crippen LogP) is 3.94. The van der Waals surface area contributed by atoms with E-state index in [4.69, 9.17) is 14.2 Å². The third kappa shape index (κ3) is 3.27. The maximum atomic E-state index is 12.9. The molecular weight excluding hydrogens is 344 g/mol. The number of anilines is 1. The van der Waals surface area contributed by atoms with Crippen molar-refractivity contribution >= 4 is 11.7 Å². The second kappa shape index (κ2) is 6.37. The molecule has 5 rings (SSSR count). The molecule has 2 aromatic carbocycles. The lowest BCUT2D eigenvalue weighted by atomic mass is 10.1. The normalized spacial score (nSPS) is 19.4. The number of amides is 2. The lowest BCUT2D eigenvalue weighted by Crippen LogP contribution is -2.36. The van der Waals surface area contributed by atoms with Crippen molar-refractivity contribution in [3.8, 4) is 17.2 Å². The van der Waals surface area contributed by atoms with E-state index in [0.717, 1.165) is 53.3 Å². The van der Waals surface area contributed by atoms with E-state index in [9.17, 15) is 4.79 Å². The molecule has 2 amide bonds. The van der Waals surface area contributed by atoms with Gasteiger partial charge < -0.3 is 24.4 Å². The molecule has 0 spiro atoms. The number of carbonyl (C=O) groups excluding carboxylic acids is 1. The fourth-order valence-corrected chi connectivity index (χ4v) is 3.68. The zero-order valence-electron chi connectivity index (χ0n) is 15.2. The van der Waals surface area contributed by atoms with E-state index in [1.54, 1.807) is 0 Å². The molecule has 0 radical (unpaired) electrons. The molecule has 27 heavy (non-hydrogen) atoms. The molecule has 1 aliphatic carbocycles. The minimum absolute atomic E-state index is 0.0675. The molecule has 6 nitrogen and oxygen atoms in total. The summed E-state index contributed by atoms with van der Waals surface area (Å²) in [5.41, 5.74) is 3.00. The van der Waals surface area contributed by atoms with Crippen LogP contribution in [-0.4, -0.2) is 29.9 Å². The number of hydrogen-bond donors (Lipinski definition) is 1. The van der Waals surface area contributed by atoms with Crippen molar-refractivity contribution in [1.82, 2.24) is 4.90 Å². The summed E-state index contributed by atoms with van der Waals surface area (Å²) >= 11 is 0. The van der Waals surface area contributed by atoms with E-state index in [1.807, 2.05) is 41.3 Å². The number of fused-ring (bicyclic) bond motifs is 2. The minimum atomic E-state index is -0.0675. The molecule has 140 valence electrons. The number of nitrogens with zero attached hydrogens (tertiary/aromatic N) is 1. The van der Waals surface area contributed by atoms with Gasteiger partial charge in [0.1, 0.15) is 11.9 Å². The summed E-state index contributed by atoms with van der Waals surface area (Å²) in [5, 5.41) is 3.06. The van der Waals surface area contributed by atoms with E-state index in [0.29, 0.717) is 12.6 Å². The number of hydrogen-bond acceptors (Lipinski definition) is 4. The van der Waals surface area contributed by atoms with Gasteiger partial charge >= 0.3 is 6.03 Å². The zero-order valence-corrected chi connectivity index (χ0v) is 15.2. The van der Waals surface area contributed by atoms with Crippen LogP contribution in [0.25, 0.3) is 0 Å². The van der Waals surface area contributed by atoms with Gasteiger partial charge in [0.05, 0.1) is 0 Å². The van der Waals surface area contributed by atoms with Crippen LogP contribution in [0.5, 0.6) is 17.2 Å². The van der Waals surface area contributed by atoms with Crippen LogP contribution in [0, 0.1) is 0 Å². The first-order valence-corrected chi connectivity index (χ1v) is 9.41. The second-order valence-corrected chi connectivity index (χ2v) is 7.43. The van der Waals surface area contributed by atoms with Crippen LogP contribution in [0.4, 0.5) is 10.5 Å². The van der Waals surface area contributed by atoms with Gasteiger partial charge in [-0.2, -0.15) is 0 Å². The van der Waals surface area contributed by atoms with Crippen molar-refractivity contribution in [3.05, 3.63) is 47.5 Å². The van der Waals surface area contributed by atoms with E-state index < -0.39 is 0 Å². The highest BCUT2D eigenvalue weighted by atomic mass is 16.7. The third-order valence-electron chi connectivity index (χ3n) is 5.19. The number of ether oxygens (including phenoxy) is 3. The Morgan fingerprint density at radius 2 is 1.93 bits per heavy atom. The van der Waals surface area contributed by atoms with Gasteiger partial charge in [-0.1, -0.05) is 6.07 Å². The van der Waals surface area contributed by atoms with Crippen LogP contribution in [0.2, 0.25) is 0 Å². The van der Waals surface area contributed by atoms with Gasteiger partial charge in [0, 0.05) is 24.7 Å². The summed E-state index contributed by atoms with van der Waals surface area (Å²) in [7, 11) is 0. The van der Waals surface area contributed by atoms with Crippen molar-refractivity contribution in [2.75, 3.05) is 12.1 Å². The summed E-state index contributed by atoms with van der Waals surface area (Å²) in [4.78, 5) is 14.8. The van der Waals surface area contributed by atoms with Gasteiger partial charge in [0.25, 0.3) is 0 Å². The van der Waals surface area contributed by atoms with Crippen molar-refractivity contribution in [2.45, 2.75) is 44.9 Å². The highest BCUT2D eigenvalue weighted by molar-refractivity contribution is 5.90. The SMILES string of the molecule is C[C@H]1Cc2cc(NC(=O)N(Cc3ccc4c(c3)OCO4)C3CC3)ccc2O1. The number of nitrogens with one attached hydrogen (secondary N) is 1. The average molecular weight is 366 g/mol. The topological polar surface area (TPSA) is 60.0 Å². The fraction of sp³-hybridized carbons (Fsp3) is 0.381. The first-order valence-electron chi connectivity index (χ1n) is 9.41. The molecule has 1 saturated carbocycles. The van der Waals surface area contributed by atoms with Crippen LogP contribution in [-0.2, 0) is 13.0 Å². The summed E-state index contributed by atoms with van der Waals surface area (Å²) in [6.45, 7) is 2.86. The van der Waals surface area contributed by atoms with Gasteiger partial charge in [0.2, 0.25) is 6.79 Å². The largest absolute Gasteiger partial charge is 0.490 e. The number of carbonyl (C=O) groups is 1. The Hall–Kier alpha value is -2.89. The smallest absolute Gasteiger partial charge is 0.322 e. The molecule has 1 atom stereocenters. The van der Waals surface area contributed by atoms with E-state index in [1.165, 1.54) is 0 Å². The van der Waals surface area contributed by atoms with Gasteiger partial charge in [-0.15, -0.1) is 0 Å². The number of rotatable bonds is 4. The molecule has 0 saturated heterocycles. The molecule has 0 aromatic heterocycles. The summed E-state index contributed by atoms with van der Waals surface area (Å²) in [5.74, 6) is 2.42.